The first-order chi connectivity index (χ1) is 16.8. The Bertz CT molecular complexity index is 1050. The Morgan fingerprint density at radius 1 is 1.03 bits per heavy atom. The standard InChI is InChI=1S/C29H39NO4S/c1-4-34-28(31)20-27(25-16-10-6-11-17-25)29(35(32,33)26-18-12-7-13-19-26)22(2)21-30-23(3)24-14-8-5-9-15-24/h6-7,10-13,16-19,23-24,27,29-30H,2,4-5,8-9,14-15,20-21H2,1,3H3/t23-,27+,29+/m0/s1. The lowest BCUT2D eigenvalue weighted by Gasteiger charge is -2.32. The molecule has 1 aliphatic carbocycles. The summed E-state index contributed by atoms with van der Waals surface area (Å²) >= 11 is 0. The molecular formula is C29H39NO4S. The van der Waals surface area contributed by atoms with Gasteiger partial charge in [-0.05, 0) is 55.9 Å². The lowest BCUT2D eigenvalue weighted by atomic mass is 9.84. The zero-order valence-corrected chi connectivity index (χ0v) is 21.8. The summed E-state index contributed by atoms with van der Waals surface area (Å²) in [5, 5.41) is 2.59. The second-order valence-electron chi connectivity index (χ2n) is 9.53. The Hall–Kier alpha value is -2.44. The van der Waals surface area contributed by atoms with Crippen LogP contribution in [0.5, 0.6) is 0 Å². The van der Waals surface area contributed by atoms with Gasteiger partial charge < -0.3 is 10.1 Å². The van der Waals surface area contributed by atoms with Crippen molar-refractivity contribution in [2.75, 3.05) is 13.2 Å². The van der Waals surface area contributed by atoms with E-state index in [1.54, 1.807) is 37.3 Å². The van der Waals surface area contributed by atoms with Crippen LogP contribution >= 0.6 is 0 Å². The molecule has 35 heavy (non-hydrogen) atoms. The number of hydrogen-bond donors (Lipinski definition) is 1. The molecule has 2 aromatic carbocycles. The molecule has 1 saturated carbocycles. The van der Waals surface area contributed by atoms with Gasteiger partial charge in [-0.3, -0.25) is 4.79 Å². The van der Waals surface area contributed by atoms with E-state index in [-0.39, 0.29) is 24.0 Å². The molecule has 3 atom stereocenters. The fraction of sp³-hybridized carbons (Fsp3) is 0.483. The van der Waals surface area contributed by atoms with E-state index in [9.17, 15) is 13.2 Å². The third-order valence-electron chi connectivity index (χ3n) is 7.10. The van der Waals surface area contributed by atoms with Crippen LogP contribution < -0.4 is 5.32 Å². The van der Waals surface area contributed by atoms with Crippen molar-refractivity contribution in [3.63, 3.8) is 0 Å². The molecule has 0 amide bonds. The zero-order chi connectivity index (χ0) is 25.3. The van der Waals surface area contributed by atoms with Crippen molar-refractivity contribution >= 4 is 15.8 Å². The van der Waals surface area contributed by atoms with Gasteiger partial charge in [-0.2, -0.15) is 0 Å². The lowest BCUT2D eigenvalue weighted by molar-refractivity contribution is -0.143. The van der Waals surface area contributed by atoms with Gasteiger partial charge in [-0.25, -0.2) is 8.42 Å². The molecule has 0 aromatic heterocycles. The number of carbonyl (C=O) groups excluding carboxylic acids is 1. The SMILES string of the molecule is C=C(CN[C@@H](C)C1CCCCC1)[C@H]([C@H](CC(=O)OCC)c1ccccc1)S(=O)(=O)c1ccccc1. The second kappa shape index (κ2) is 13.0. The molecule has 0 saturated heterocycles. The molecule has 5 nitrogen and oxygen atoms in total. The topological polar surface area (TPSA) is 72.5 Å². The summed E-state index contributed by atoms with van der Waals surface area (Å²) in [6.45, 7) is 8.82. The van der Waals surface area contributed by atoms with Gasteiger partial charge >= 0.3 is 5.97 Å². The molecule has 2 aromatic rings. The molecule has 0 aliphatic heterocycles. The molecule has 0 unspecified atom stereocenters. The molecule has 0 heterocycles. The summed E-state index contributed by atoms with van der Waals surface area (Å²) in [6.07, 6.45) is 6.14. The maximum atomic E-state index is 14.0. The van der Waals surface area contributed by atoms with Gasteiger partial charge in [0.2, 0.25) is 0 Å². The first-order valence-electron chi connectivity index (χ1n) is 12.7. The number of hydrogen-bond acceptors (Lipinski definition) is 5. The van der Waals surface area contributed by atoms with Gasteiger partial charge in [0.1, 0.15) is 0 Å². The fourth-order valence-corrected chi connectivity index (χ4v) is 7.21. The van der Waals surface area contributed by atoms with Gasteiger partial charge in [0.15, 0.2) is 9.84 Å². The van der Waals surface area contributed by atoms with Crippen LogP contribution in [0.3, 0.4) is 0 Å². The maximum absolute atomic E-state index is 14.0. The highest BCUT2D eigenvalue weighted by atomic mass is 32.2. The third kappa shape index (κ3) is 7.28. The Balaban J connectivity index is 1.95. The van der Waals surface area contributed by atoms with E-state index in [1.165, 1.54) is 32.1 Å². The molecule has 0 radical (unpaired) electrons. The minimum atomic E-state index is -3.83. The molecule has 1 fully saturated rings. The Morgan fingerprint density at radius 3 is 2.23 bits per heavy atom. The van der Waals surface area contributed by atoms with Crippen LogP contribution in [0.4, 0.5) is 0 Å². The highest BCUT2D eigenvalue weighted by Gasteiger charge is 2.39. The minimum Gasteiger partial charge on any atom is -0.466 e. The Kier molecular flexibility index (Phi) is 10.1. The van der Waals surface area contributed by atoms with Crippen LogP contribution in [0, 0.1) is 5.92 Å². The first-order valence-corrected chi connectivity index (χ1v) is 14.3. The number of ether oxygens (including phenoxy) is 1. The summed E-state index contributed by atoms with van der Waals surface area (Å²) in [5.74, 6) is -0.434. The van der Waals surface area contributed by atoms with Gasteiger partial charge in [0, 0.05) is 18.5 Å². The number of rotatable bonds is 12. The van der Waals surface area contributed by atoms with E-state index in [0.29, 0.717) is 18.0 Å². The number of benzene rings is 2. The summed E-state index contributed by atoms with van der Waals surface area (Å²) in [5.41, 5.74) is 1.35. The second-order valence-corrected chi connectivity index (χ2v) is 11.6. The first kappa shape index (κ1) is 27.2. The molecule has 0 bridgehead atoms. The van der Waals surface area contributed by atoms with Crippen molar-refractivity contribution < 1.29 is 17.9 Å². The molecule has 0 spiro atoms. The Morgan fingerprint density at radius 2 is 1.63 bits per heavy atom. The number of sulfone groups is 1. The maximum Gasteiger partial charge on any atom is 0.306 e. The summed E-state index contributed by atoms with van der Waals surface area (Å²) < 4.78 is 33.3. The lowest BCUT2D eigenvalue weighted by Crippen LogP contribution is -2.40. The van der Waals surface area contributed by atoms with E-state index in [4.69, 9.17) is 4.74 Å². The van der Waals surface area contributed by atoms with Crippen LogP contribution in [0.25, 0.3) is 0 Å². The van der Waals surface area contributed by atoms with Gasteiger partial charge in [-0.1, -0.05) is 74.4 Å². The minimum absolute atomic E-state index is 0.0359. The van der Waals surface area contributed by atoms with Crippen molar-refractivity contribution in [1.29, 1.82) is 0 Å². The molecule has 3 rings (SSSR count). The van der Waals surface area contributed by atoms with E-state index in [0.717, 1.165) is 5.56 Å². The quantitative estimate of drug-likeness (QED) is 0.302. The summed E-state index contributed by atoms with van der Waals surface area (Å²) in [7, 11) is -3.83. The van der Waals surface area contributed by atoms with Crippen molar-refractivity contribution in [3.05, 3.63) is 78.4 Å². The van der Waals surface area contributed by atoms with Crippen molar-refractivity contribution in [2.24, 2.45) is 5.92 Å². The number of esters is 1. The molecule has 1 N–H and O–H groups in total. The van der Waals surface area contributed by atoms with Crippen LogP contribution in [0.1, 0.15) is 63.9 Å². The van der Waals surface area contributed by atoms with Crippen LogP contribution in [-0.4, -0.2) is 38.8 Å². The largest absolute Gasteiger partial charge is 0.466 e. The van der Waals surface area contributed by atoms with E-state index in [2.05, 4.69) is 18.8 Å². The van der Waals surface area contributed by atoms with Crippen LogP contribution in [0.2, 0.25) is 0 Å². The predicted molar refractivity (Wildman–Crippen MR) is 141 cm³/mol. The molecule has 6 heteroatoms. The normalized spacial score (nSPS) is 17.3. The van der Waals surface area contributed by atoms with Gasteiger partial charge in [0.05, 0.1) is 23.2 Å². The fourth-order valence-electron chi connectivity index (χ4n) is 5.17. The van der Waals surface area contributed by atoms with Crippen LogP contribution in [-0.2, 0) is 19.4 Å². The molecular weight excluding hydrogens is 458 g/mol. The van der Waals surface area contributed by atoms with E-state index >= 15 is 0 Å². The van der Waals surface area contributed by atoms with Crippen LogP contribution in [0.15, 0.2) is 77.7 Å². The predicted octanol–water partition coefficient (Wildman–Crippen LogP) is 5.68. The molecule has 1 aliphatic rings. The van der Waals surface area contributed by atoms with Gasteiger partial charge in [-0.15, -0.1) is 0 Å². The summed E-state index contributed by atoms with van der Waals surface area (Å²) in [4.78, 5) is 12.9. The van der Waals surface area contributed by atoms with Crippen molar-refractivity contribution in [3.8, 4) is 0 Å². The highest BCUT2D eigenvalue weighted by molar-refractivity contribution is 7.92. The Labute approximate surface area is 210 Å². The van der Waals surface area contributed by atoms with E-state index in [1.807, 2.05) is 30.3 Å². The third-order valence-corrected chi connectivity index (χ3v) is 9.36. The average molecular weight is 498 g/mol. The molecule has 190 valence electrons. The van der Waals surface area contributed by atoms with E-state index < -0.39 is 27.0 Å². The smallest absolute Gasteiger partial charge is 0.306 e. The number of carbonyl (C=O) groups is 1. The van der Waals surface area contributed by atoms with Gasteiger partial charge in [0.25, 0.3) is 0 Å². The monoisotopic (exact) mass is 497 g/mol. The van der Waals surface area contributed by atoms with Crippen molar-refractivity contribution in [1.82, 2.24) is 5.32 Å². The van der Waals surface area contributed by atoms with Crippen molar-refractivity contribution in [2.45, 2.75) is 74.5 Å². The average Bonchev–Trinajstić information content (AvgIpc) is 2.88. The zero-order valence-electron chi connectivity index (χ0n) is 21.0. The number of nitrogens with one attached hydrogen (secondary N) is 1. The highest BCUT2D eigenvalue weighted by Crippen LogP contribution is 2.36. The summed E-state index contributed by atoms with van der Waals surface area (Å²) in [6, 6.07) is 18.1.